The molecule has 6 heteroatoms. The summed E-state index contributed by atoms with van der Waals surface area (Å²) < 4.78 is 1.04. The lowest BCUT2D eigenvalue weighted by Gasteiger charge is -2.27. The maximum absolute atomic E-state index is 5.68. The summed E-state index contributed by atoms with van der Waals surface area (Å²) in [6, 6.07) is 18.4. The van der Waals surface area contributed by atoms with E-state index in [-0.39, 0.29) is 12.1 Å². The van der Waals surface area contributed by atoms with Gasteiger partial charge in [0.05, 0.1) is 11.7 Å². The van der Waals surface area contributed by atoms with Crippen molar-refractivity contribution in [1.29, 1.82) is 0 Å². The van der Waals surface area contributed by atoms with Crippen LogP contribution in [0.25, 0.3) is 0 Å². The monoisotopic (exact) mass is 412 g/mol. The zero-order chi connectivity index (χ0) is 17.4. The van der Waals surface area contributed by atoms with Gasteiger partial charge in [-0.2, -0.15) is 0 Å². The predicted molar refractivity (Wildman–Crippen MR) is 108 cm³/mol. The molecular weight excluding hydrogens is 396 g/mol. The van der Waals surface area contributed by atoms with Crippen LogP contribution in [-0.2, 0) is 0 Å². The van der Waals surface area contributed by atoms with Crippen molar-refractivity contribution in [3.63, 3.8) is 0 Å². The van der Waals surface area contributed by atoms with Crippen molar-refractivity contribution in [1.82, 2.24) is 15.3 Å². The Morgan fingerprint density at radius 2 is 1.88 bits per heavy atom. The molecule has 1 aliphatic heterocycles. The Hall–Kier alpha value is -2.18. The van der Waals surface area contributed by atoms with E-state index in [1.54, 1.807) is 0 Å². The Balaban J connectivity index is 1.81. The quantitative estimate of drug-likeness (QED) is 0.614. The molecular formula is C19H17BrN4S. The minimum absolute atomic E-state index is 0.0114. The summed E-state index contributed by atoms with van der Waals surface area (Å²) in [4.78, 5) is 10.2. The number of H-pyrrole nitrogens is 1. The van der Waals surface area contributed by atoms with E-state index in [2.05, 4.69) is 67.3 Å². The molecule has 1 aromatic carbocycles. The smallest absolute Gasteiger partial charge is 0.174 e. The van der Waals surface area contributed by atoms with Crippen LogP contribution in [0, 0.1) is 6.92 Å². The Morgan fingerprint density at radius 3 is 2.52 bits per heavy atom. The zero-order valence-electron chi connectivity index (χ0n) is 13.6. The fourth-order valence-corrected chi connectivity index (χ4v) is 3.86. The fraction of sp³-hybridized carbons (Fsp3) is 0.158. The first kappa shape index (κ1) is 16.3. The molecule has 1 fully saturated rings. The molecule has 0 aliphatic carbocycles. The number of halogens is 1. The highest BCUT2D eigenvalue weighted by Gasteiger charge is 2.41. The van der Waals surface area contributed by atoms with Crippen molar-refractivity contribution in [2.75, 3.05) is 4.90 Å². The van der Waals surface area contributed by atoms with Crippen LogP contribution in [0.15, 0.2) is 65.3 Å². The van der Waals surface area contributed by atoms with Crippen LogP contribution in [0.4, 0.5) is 5.69 Å². The topological polar surface area (TPSA) is 44.0 Å². The summed E-state index contributed by atoms with van der Waals surface area (Å²) in [5.41, 5.74) is 4.27. The third-order valence-corrected chi connectivity index (χ3v) is 5.22. The first-order valence-electron chi connectivity index (χ1n) is 8.05. The molecule has 0 amide bonds. The number of aromatic amines is 1. The van der Waals surface area contributed by atoms with Crippen molar-refractivity contribution in [3.05, 3.63) is 82.3 Å². The number of pyridine rings is 1. The zero-order valence-corrected chi connectivity index (χ0v) is 16.0. The molecule has 25 heavy (non-hydrogen) atoms. The van der Waals surface area contributed by atoms with Crippen LogP contribution >= 0.6 is 28.1 Å². The highest BCUT2D eigenvalue weighted by atomic mass is 79.9. The average molecular weight is 413 g/mol. The number of aromatic nitrogens is 2. The molecule has 0 bridgehead atoms. The second-order valence-corrected chi connectivity index (χ2v) is 7.37. The van der Waals surface area contributed by atoms with Gasteiger partial charge in [0.15, 0.2) is 5.11 Å². The van der Waals surface area contributed by atoms with Gasteiger partial charge in [-0.3, -0.25) is 4.98 Å². The van der Waals surface area contributed by atoms with E-state index in [0.717, 1.165) is 27.2 Å². The number of rotatable bonds is 3. The molecule has 0 unspecified atom stereocenters. The third-order valence-electron chi connectivity index (χ3n) is 4.38. The summed E-state index contributed by atoms with van der Waals surface area (Å²) in [5.74, 6) is 0. The van der Waals surface area contributed by atoms with Crippen LogP contribution in [0.3, 0.4) is 0 Å². The lowest BCUT2D eigenvalue weighted by atomic mass is 10.0. The number of hydrogen-bond donors (Lipinski definition) is 2. The molecule has 126 valence electrons. The maximum Gasteiger partial charge on any atom is 0.174 e. The summed E-state index contributed by atoms with van der Waals surface area (Å²) in [6.45, 7) is 2.06. The molecule has 2 N–H and O–H groups in total. The van der Waals surface area contributed by atoms with E-state index < -0.39 is 0 Å². The van der Waals surface area contributed by atoms with E-state index in [9.17, 15) is 0 Å². The Morgan fingerprint density at radius 1 is 1.08 bits per heavy atom. The summed E-state index contributed by atoms with van der Waals surface area (Å²) in [7, 11) is 0. The van der Waals surface area contributed by atoms with Gasteiger partial charge in [0.2, 0.25) is 0 Å². The van der Waals surface area contributed by atoms with Crippen molar-refractivity contribution >= 4 is 38.9 Å². The highest BCUT2D eigenvalue weighted by Crippen LogP contribution is 2.41. The molecule has 3 aromatic rings. The molecule has 1 aliphatic rings. The minimum atomic E-state index is -0.0182. The normalized spacial score (nSPS) is 19.9. The van der Waals surface area contributed by atoms with Gasteiger partial charge in [-0.15, -0.1) is 0 Å². The third kappa shape index (κ3) is 3.07. The highest BCUT2D eigenvalue weighted by molar-refractivity contribution is 9.10. The number of benzene rings is 1. The lowest BCUT2D eigenvalue weighted by molar-refractivity contribution is 0.558. The van der Waals surface area contributed by atoms with Crippen molar-refractivity contribution < 1.29 is 0 Å². The second kappa shape index (κ2) is 6.61. The van der Waals surface area contributed by atoms with Gasteiger partial charge >= 0.3 is 0 Å². The van der Waals surface area contributed by atoms with Crippen molar-refractivity contribution in [3.8, 4) is 0 Å². The van der Waals surface area contributed by atoms with E-state index in [1.807, 2.05) is 36.5 Å². The number of aryl methyl sites for hydroxylation is 1. The van der Waals surface area contributed by atoms with Crippen LogP contribution in [0.2, 0.25) is 0 Å². The van der Waals surface area contributed by atoms with Gasteiger partial charge in [-0.05, 0) is 67.7 Å². The van der Waals surface area contributed by atoms with Crippen LogP contribution in [0.1, 0.15) is 29.2 Å². The van der Waals surface area contributed by atoms with E-state index in [0.29, 0.717) is 5.11 Å². The lowest BCUT2D eigenvalue weighted by Crippen LogP contribution is -2.29. The average Bonchev–Trinajstić information content (AvgIpc) is 3.20. The fourth-order valence-electron chi connectivity index (χ4n) is 3.25. The molecule has 0 radical (unpaired) electrons. The first-order chi connectivity index (χ1) is 12.1. The predicted octanol–water partition coefficient (Wildman–Crippen LogP) is 4.66. The van der Waals surface area contributed by atoms with Crippen LogP contribution in [-0.4, -0.2) is 15.1 Å². The molecule has 3 heterocycles. The SMILES string of the molecule is Cc1ccc([C@H]2[C@@H](c3ccccn3)NC(=S)N2c2ccc(Br)cc2)[nH]1. The summed E-state index contributed by atoms with van der Waals surface area (Å²) in [6.07, 6.45) is 1.82. The number of nitrogens with one attached hydrogen (secondary N) is 2. The Labute approximate surface area is 160 Å². The summed E-state index contributed by atoms with van der Waals surface area (Å²) >= 11 is 9.18. The number of nitrogens with zero attached hydrogens (tertiary/aromatic N) is 2. The molecule has 4 rings (SSSR count). The number of anilines is 1. The van der Waals surface area contributed by atoms with Crippen molar-refractivity contribution in [2.45, 2.75) is 19.0 Å². The molecule has 0 spiro atoms. The van der Waals surface area contributed by atoms with Gasteiger partial charge in [0.1, 0.15) is 6.04 Å². The second-order valence-electron chi connectivity index (χ2n) is 6.07. The van der Waals surface area contributed by atoms with E-state index >= 15 is 0 Å². The van der Waals surface area contributed by atoms with Crippen LogP contribution in [0.5, 0.6) is 0 Å². The number of thiocarbonyl (C=S) groups is 1. The number of hydrogen-bond acceptors (Lipinski definition) is 2. The maximum atomic E-state index is 5.68. The molecule has 2 atom stereocenters. The molecule has 4 nitrogen and oxygen atoms in total. The van der Waals surface area contributed by atoms with Crippen LogP contribution < -0.4 is 10.2 Å². The Kier molecular flexibility index (Phi) is 4.31. The molecule has 2 aromatic heterocycles. The molecule has 1 saturated heterocycles. The van der Waals surface area contributed by atoms with E-state index in [4.69, 9.17) is 12.2 Å². The van der Waals surface area contributed by atoms with Gasteiger partial charge in [0.25, 0.3) is 0 Å². The van der Waals surface area contributed by atoms with Gasteiger partial charge < -0.3 is 15.2 Å². The van der Waals surface area contributed by atoms with Crippen molar-refractivity contribution in [2.24, 2.45) is 0 Å². The molecule has 0 saturated carbocycles. The van der Waals surface area contributed by atoms with Gasteiger partial charge in [0, 0.05) is 27.7 Å². The summed E-state index contributed by atoms with van der Waals surface area (Å²) in [5, 5.41) is 4.16. The minimum Gasteiger partial charge on any atom is -0.361 e. The van der Waals surface area contributed by atoms with E-state index in [1.165, 1.54) is 0 Å². The standard InChI is InChI=1S/C19H17BrN4S/c1-12-5-10-16(22-12)18-17(15-4-2-3-11-21-15)23-19(25)24(18)14-8-6-13(20)7-9-14/h2-11,17-18,22H,1H3,(H,23,25)/t17-,18+/m1/s1. The Bertz CT molecular complexity index is 891. The largest absolute Gasteiger partial charge is 0.361 e. The van der Waals surface area contributed by atoms with Gasteiger partial charge in [-0.1, -0.05) is 22.0 Å². The van der Waals surface area contributed by atoms with Gasteiger partial charge in [-0.25, -0.2) is 0 Å². The first-order valence-corrected chi connectivity index (χ1v) is 9.25.